The van der Waals surface area contributed by atoms with Crippen molar-refractivity contribution in [2.45, 2.75) is 52.5 Å². The van der Waals surface area contributed by atoms with Gasteiger partial charge >= 0.3 is 12.0 Å². The summed E-state index contributed by atoms with van der Waals surface area (Å²) in [5, 5.41) is 11.6. The third kappa shape index (κ3) is 7.92. The van der Waals surface area contributed by atoms with Gasteiger partial charge in [-0.05, 0) is 18.8 Å². The van der Waals surface area contributed by atoms with E-state index in [-0.39, 0.29) is 18.5 Å². The van der Waals surface area contributed by atoms with Gasteiger partial charge in [0.05, 0.1) is 6.42 Å². The standard InChI is InChI=1S/C13H26N2O3/c1-5-6-11(9-12(16)17)14-13(18)15(4)8-7-10(2)3/h10-11H,5-9H2,1-4H3,(H,14,18)(H,16,17). The summed E-state index contributed by atoms with van der Waals surface area (Å²) in [5.74, 6) is -0.329. The number of rotatable bonds is 8. The topological polar surface area (TPSA) is 69.6 Å². The van der Waals surface area contributed by atoms with E-state index < -0.39 is 5.97 Å². The van der Waals surface area contributed by atoms with Crippen molar-refractivity contribution in [2.24, 2.45) is 5.92 Å². The maximum Gasteiger partial charge on any atom is 0.317 e. The molecule has 106 valence electrons. The Labute approximate surface area is 110 Å². The first-order valence-electron chi connectivity index (χ1n) is 6.60. The van der Waals surface area contributed by atoms with E-state index in [9.17, 15) is 9.59 Å². The van der Waals surface area contributed by atoms with Crippen LogP contribution in [0.25, 0.3) is 0 Å². The molecule has 0 radical (unpaired) electrons. The molecule has 1 unspecified atom stereocenters. The minimum Gasteiger partial charge on any atom is -0.481 e. The van der Waals surface area contributed by atoms with Gasteiger partial charge in [-0.3, -0.25) is 4.79 Å². The van der Waals surface area contributed by atoms with Crippen molar-refractivity contribution < 1.29 is 14.7 Å². The average Bonchev–Trinajstić information content (AvgIpc) is 2.25. The van der Waals surface area contributed by atoms with Gasteiger partial charge in [-0.1, -0.05) is 27.2 Å². The van der Waals surface area contributed by atoms with Crippen LogP contribution in [0.2, 0.25) is 0 Å². The van der Waals surface area contributed by atoms with Crippen molar-refractivity contribution in [1.82, 2.24) is 10.2 Å². The van der Waals surface area contributed by atoms with Gasteiger partial charge in [0.1, 0.15) is 0 Å². The van der Waals surface area contributed by atoms with Crippen LogP contribution in [0.15, 0.2) is 0 Å². The van der Waals surface area contributed by atoms with Crippen LogP contribution in [-0.4, -0.2) is 41.6 Å². The number of amides is 2. The van der Waals surface area contributed by atoms with E-state index >= 15 is 0 Å². The van der Waals surface area contributed by atoms with E-state index in [1.807, 2.05) is 6.92 Å². The Kier molecular flexibility index (Phi) is 8.16. The molecule has 0 aromatic rings. The highest BCUT2D eigenvalue weighted by Crippen LogP contribution is 2.04. The molecule has 0 saturated heterocycles. The molecule has 2 amide bonds. The lowest BCUT2D eigenvalue weighted by Gasteiger charge is -2.23. The largest absolute Gasteiger partial charge is 0.481 e. The second-order valence-electron chi connectivity index (χ2n) is 5.14. The van der Waals surface area contributed by atoms with Gasteiger partial charge in [0, 0.05) is 19.6 Å². The Morgan fingerprint density at radius 1 is 1.28 bits per heavy atom. The van der Waals surface area contributed by atoms with Crippen LogP contribution in [0.3, 0.4) is 0 Å². The number of urea groups is 1. The van der Waals surface area contributed by atoms with Gasteiger partial charge < -0.3 is 15.3 Å². The summed E-state index contributed by atoms with van der Waals surface area (Å²) in [6, 6.07) is -0.461. The number of carboxylic acids is 1. The SMILES string of the molecule is CCCC(CC(=O)O)NC(=O)N(C)CCC(C)C. The normalized spacial score (nSPS) is 12.3. The summed E-state index contributed by atoms with van der Waals surface area (Å²) >= 11 is 0. The molecule has 1 atom stereocenters. The molecule has 0 bridgehead atoms. The molecule has 0 heterocycles. The third-order valence-corrected chi connectivity index (χ3v) is 2.77. The average molecular weight is 258 g/mol. The molecule has 5 heteroatoms. The zero-order valence-corrected chi connectivity index (χ0v) is 11.9. The molecule has 0 fully saturated rings. The summed E-state index contributed by atoms with van der Waals surface area (Å²) in [7, 11) is 1.74. The molecule has 0 aliphatic heterocycles. The van der Waals surface area contributed by atoms with Crippen molar-refractivity contribution in [3.05, 3.63) is 0 Å². The fourth-order valence-electron chi connectivity index (χ4n) is 1.62. The van der Waals surface area contributed by atoms with E-state index in [1.54, 1.807) is 11.9 Å². The van der Waals surface area contributed by atoms with Gasteiger partial charge in [-0.2, -0.15) is 0 Å². The van der Waals surface area contributed by atoms with Gasteiger partial charge in [-0.15, -0.1) is 0 Å². The number of carbonyl (C=O) groups excluding carboxylic acids is 1. The zero-order chi connectivity index (χ0) is 14.1. The summed E-state index contributed by atoms with van der Waals surface area (Å²) in [6.07, 6.45) is 2.48. The van der Waals surface area contributed by atoms with Crippen molar-refractivity contribution >= 4 is 12.0 Å². The van der Waals surface area contributed by atoms with Crippen LogP contribution in [0, 0.1) is 5.92 Å². The molecule has 0 spiro atoms. The number of hydrogen-bond donors (Lipinski definition) is 2. The first kappa shape index (κ1) is 16.7. The van der Waals surface area contributed by atoms with E-state index in [2.05, 4.69) is 19.2 Å². The second kappa shape index (κ2) is 8.78. The Morgan fingerprint density at radius 3 is 2.33 bits per heavy atom. The Morgan fingerprint density at radius 2 is 1.89 bits per heavy atom. The molecule has 18 heavy (non-hydrogen) atoms. The van der Waals surface area contributed by atoms with Crippen LogP contribution >= 0.6 is 0 Å². The number of nitrogens with one attached hydrogen (secondary N) is 1. The fraction of sp³-hybridized carbons (Fsp3) is 0.846. The van der Waals surface area contributed by atoms with Crippen molar-refractivity contribution in [3.8, 4) is 0 Å². The first-order chi connectivity index (χ1) is 8.36. The van der Waals surface area contributed by atoms with Gasteiger partial charge in [0.2, 0.25) is 0 Å². The van der Waals surface area contributed by atoms with Crippen LogP contribution in [0.1, 0.15) is 46.5 Å². The summed E-state index contributed by atoms with van der Waals surface area (Å²) in [6.45, 7) is 6.88. The van der Waals surface area contributed by atoms with E-state index in [1.165, 1.54) is 0 Å². The number of carbonyl (C=O) groups is 2. The van der Waals surface area contributed by atoms with E-state index in [4.69, 9.17) is 5.11 Å². The number of carboxylic acid groups (broad SMARTS) is 1. The highest BCUT2D eigenvalue weighted by Gasteiger charge is 2.17. The molecule has 5 nitrogen and oxygen atoms in total. The minimum absolute atomic E-state index is 0.0163. The number of hydrogen-bond acceptors (Lipinski definition) is 2. The predicted molar refractivity (Wildman–Crippen MR) is 71.6 cm³/mol. The highest BCUT2D eigenvalue weighted by atomic mass is 16.4. The quantitative estimate of drug-likeness (QED) is 0.702. The second-order valence-corrected chi connectivity index (χ2v) is 5.14. The Bertz CT molecular complexity index is 267. The monoisotopic (exact) mass is 258 g/mol. The van der Waals surface area contributed by atoms with Crippen molar-refractivity contribution in [1.29, 1.82) is 0 Å². The molecular formula is C13H26N2O3. The molecule has 0 aromatic heterocycles. The van der Waals surface area contributed by atoms with Crippen LogP contribution < -0.4 is 5.32 Å². The van der Waals surface area contributed by atoms with Crippen LogP contribution in [-0.2, 0) is 4.79 Å². The van der Waals surface area contributed by atoms with Gasteiger partial charge in [0.15, 0.2) is 0 Å². The van der Waals surface area contributed by atoms with Gasteiger partial charge in [-0.25, -0.2) is 4.79 Å². The molecule has 0 aromatic carbocycles. The summed E-state index contributed by atoms with van der Waals surface area (Å²) in [5.41, 5.74) is 0. The van der Waals surface area contributed by atoms with E-state index in [0.717, 1.165) is 12.8 Å². The maximum atomic E-state index is 11.8. The van der Waals surface area contributed by atoms with Gasteiger partial charge in [0.25, 0.3) is 0 Å². The molecule has 0 aliphatic rings. The summed E-state index contributed by atoms with van der Waals surface area (Å²) in [4.78, 5) is 24.1. The lowest BCUT2D eigenvalue weighted by molar-refractivity contribution is -0.137. The molecule has 0 rings (SSSR count). The minimum atomic E-state index is -0.876. The maximum absolute atomic E-state index is 11.8. The highest BCUT2D eigenvalue weighted by molar-refractivity contribution is 5.75. The van der Waals surface area contributed by atoms with E-state index in [0.29, 0.717) is 18.9 Å². The van der Waals surface area contributed by atoms with Crippen LogP contribution in [0.4, 0.5) is 4.79 Å². The Balaban J connectivity index is 4.17. The first-order valence-corrected chi connectivity index (χ1v) is 6.60. The molecule has 0 aliphatic carbocycles. The molecule has 0 saturated carbocycles. The molecular weight excluding hydrogens is 232 g/mol. The lowest BCUT2D eigenvalue weighted by Crippen LogP contribution is -2.44. The predicted octanol–water partition coefficient (Wildman–Crippen LogP) is 2.32. The fourth-order valence-corrected chi connectivity index (χ4v) is 1.62. The van der Waals surface area contributed by atoms with Crippen molar-refractivity contribution in [2.75, 3.05) is 13.6 Å². The number of aliphatic carboxylic acids is 1. The molecule has 2 N–H and O–H groups in total. The van der Waals surface area contributed by atoms with Crippen molar-refractivity contribution in [3.63, 3.8) is 0 Å². The smallest absolute Gasteiger partial charge is 0.317 e. The zero-order valence-electron chi connectivity index (χ0n) is 11.9. The third-order valence-electron chi connectivity index (χ3n) is 2.77. The number of nitrogens with zero attached hydrogens (tertiary/aromatic N) is 1. The summed E-state index contributed by atoms with van der Waals surface area (Å²) < 4.78 is 0. The Hall–Kier alpha value is -1.26. The van der Waals surface area contributed by atoms with Crippen LogP contribution in [0.5, 0.6) is 0 Å². The lowest BCUT2D eigenvalue weighted by atomic mass is 10.1.